The molecule has 11 nitrogen and oxygen atoms in total. The SMILES string of the molecule is CCCCCCCCCCCCCCCCCCOCCCOP(=O)(O)OC[C@]1(C#N)CC[C@H](c2ccc3c(N)ncnn23)O1. The molecule has 45 heavy (non-hydrogen) atoms. The summed E-state index contributed by atoms with van der Waals surface area (Å²) in [5.74, 6) is 0.341. The monoisotopic (exact) mass is 649 g/mol. The van der Waals surface area contributed by atoms with Crippen molar-refractivity contribution in [1.29, 1.82) is 5.26 Å². The molecule has 3 N–H and O–H groups in total. The van der Waals surface area contributed by atoms with Crippen molar-refractivity contribution in [3.63, 3.8) is 0 Å². The van der Waals surface area contributed by atoms with E-state index in [1.54, 1.807) is 10.6 Å². The van der Waals surface area contributed by atoms with E-state index in [1.807, 2.05) is 6.07 Å². The van der Waals surface area contributed by atoms with Crippen LogP contribution in [0.15, 0.2) is 18.5 Å². The number of unbranched alkanes of at least 4 members (excludes halogenated alkanes) is 15. The maximum atomic E-state index is 12.4. The third kappa shape index (κ3) is 13.7. The zero-order valence-corrected chi connectivity index (χ0v) is 28.3. The number of rotatable bonds is 26. The highest BCUT2D eigenvalue weighted by Crippen LogP contribution is 2.47. The summed E-state index contributed by atoms with van der Waals surface area (Å²) in [5, 5.41) is 14.0. The number of hydrogen-bond acceptors (Lipinski definition) is 9. The number of aromatic nitrogens is 3. The smallest absolute Gasteiger partial charge is 0.382 e. The minimum Gasteiger partial charge on any atom is -0.382 e. The Bertz CT molecular complexity index is 1190. The highest BCUT2D eigenvalue weighted by atomic mass is 31.2. The maximum Gasteiger partial charge on any atom is 0.472 e. The molecule has 0 saturated carbocycles. The molecule has 1 saturated heterocycles. The summed E-state index contributed by atoms with van der Waals surface area (Å²) in [5.41, 5.74) is 5.90. The first-order valence-electron chi connectivity index (χ1n) is 17.3. The van der Waals surface area contributed by atoms with Crippen LogP contribution in [0.4, 0.5) is 5.82 Å². The summed E-state index contributed by atoms with van der Waals surface area (Å²) in [4.78, 5) is 14.1. The molecule has 0 aliphatic carbocycles. The van der Waals surface area contributed by atoms with Crippen LogP contribution in [0.25, 0.3) is 5.52 Å². The van der Waals surface area contributed by atoms with E-state index in [1.165, 1.54) is 103 Å². The van der Waals surface area contributed by atoms with Crippen LogP contribution < -0.4 is 5.73 Å². The van der Waals surface area contributed by atoms with E-state index < -0.39 is 19.5 Å². The minimum absolute atomic E-state index is 0.0209. The van der Waals surface area contributed by atoms with Crippen molar-refractivity contribution in [2.24, 2.45) is 0 Å². The Balaban J connectivity index is 1.14. The number of nitrogens with two attached hydrogens (primary N) is 1. The first kappa shape index (κ1) is 37.4. The van der Waals surface area contributed by atoms with Crippen molar-refractivity contribution < 1.29 is 28.0 Å². The van der Waals surface area contributed by atoms with Gasteiger partial charge in [0.1, 0.15) is 30.6 Å². The molecular weight excluding hydrogens is 593 g/mol. The van der Waals surface area contributed by atoms with E-state index in [9.17, 15) is 14.7 Å². The van der Waals surface area contributed by atoms with E-state index in [0.29, 0.717) is 43.8 Å². The molecule has 3 atom stereocenters. The predicted octanol–water partition coefficient (Wildman–Crippen LogP) is 8.23. The second-order valence-corrected chi connectivity index (χ2v) is 13.7. The van der Waals surface area contributed by atoms with Gasteiger partial charge >= 0.3 is 7.82 Å². The van der Waals surface area contributed by atoms with Crippen molar-refractivity contribution in [3.05, 3.63) is 24.2 Å². The van der Waals surface area contributed by atoms with Gasteiger partial charge in [0.2, 0.25) is 0 Å². The molecule has 0 bridgehead atoms. The van der Waals surface area contributed by atoms with Gasteiger partial charge < -0.3 is 20.1 Å². The second kappa shape index (κ2) is 20.9. The molecule has 254 valence electrons. The molecular formula is C33H56N5O6P. The molecule has 3 heterocycles. The fourth-order valence-electron chi connectivity index (χ4n) is 5.82. The summed E-state index contributed by atoms with van der Waals surface area (Å²) in [6.07, 6.45) is 23.6. The minimum atomic E-state index is -4.35. The molecule has 12 heteroatoms. The van der Waals surface area contributed by atoms with E-state index in [0.717, 1.165) is 12.1 Å². The molecule has 1 unspecified atom stereocenters. The molecule has 0 radical (unpaired) electrons. The number of fused-ring (bicyclic) bond motifs is 1. The molecule has 1 aliphatic heterocycles. The molecule has 3 rings (SSSR count). The topological polar surface area (TPSA) is 154 Å². The normalized spacial score (nSPS) is 19.6. The molecule has 0 spiro atoms. The number of hydrogen-bond donors (Lipinski definition) is 2. The number of phosphoric acid groups is 1. The fourth-order valence-corrected chi connectivity index (χ4v) is 6.62. The van der Waals surface area contributed by atoms with Gasteiger partial charge in [0.05, 0.1) is 12.3 Å². The lowest BCUT2D eigenvalue weighted by molar-refractivity contribution is -0.0399. The van der Waals surface area contributed by atoms with E-state index in [4.69, 9.17) is 24.3 Å². The third-order valence-corrected chi connectivity index (χ3v) is 9.48. The molecule has 2 aromatic rings. The van der Waals surface area contributed by atoms with Gasteiger partial charge in [-0.05, 0) is 37.8 Å². The molecule has 0 aromatic carbocycles. The number of nitrogens with zero attached hydrogens (tertiary/aromatic N) is 4. The lowest BCUT2D eigenvalue weighted by atomic mass is 10.0. The van der Waals surface area contributed by atoms with Crippen LogP contribution in [-0.2, 0) is 23.1 Å². The van der Waals surface area contributed by atoms with Crippen LogP contribution in [-0.4, -0.2) is 51.5 Å². The maximum absolute atomic E-state index is 12.4. The highest BCUT2D eigenvalue weighted by Gasteiger charge is 2.44. The standard InChI is InChI=1S/C33H56N5O6P/c1-2-3-4-5-6-7-8-9-10-11-12-13-14-15-16-17-23-41-24-18-25-42-45(39,40)43-27-33(26-34)22-21-31(44-33)29-19-20-30-32(35)36-28-37-38(29)30/h19-20,28,31H,2-18,21-25,27H2,1H3,(H,39,40)(H2,35,36,37)/t31-,33-/m1/s1. The van der Waals surface area contributed by atoms with Gasteiger partial charge in [0.15, 0.2) is 11.4 Å². The van der Waals surface area contributed by atoms with Crippen LogP contribution in [0, 0.1) is 11.3 Å². The van der Waals surface area contributed by atoms with Gasteiger partial charge in [-0.2, -0.15) is 10.4 Å². The Morgan fingerprint density at radius 2 is 1.56 bits per heavy atom. The zero-order chi connectivity index (χ0) is 32.2. The van der Waals surface area contributed by atoms with Gasteiger partial charge in [-0.1, -0.05) is 103 Å². The van der Waals surface area contributed by atoms with Crippen LogP contribution in [0.5, 0.6) is 0 Å². The average Bonchev–Trinajstić information content (AvgIpc) is 3.67. The van der Waals surface area contributed by atoms with Crippen molar-refractivity contribution in [2.45, 2.75) is 141 Å². The van der Waals surface area contributed by atoms with Gasteiger partial charge in [-0.3, -0.25) is 9.05 Å². The Morgan fingerprint density at radius 3 is 2.18 bits per heavy atom. The molecule has 2 aromatic heterocycles. The van der Waals surface area contributed by atoms with Crippen molar-refractivity contribution in [1.82, 2.24) is 14.6 Å². The van der Waals surface area contributed by atoms with E-state index in [-0.39, 0.29) is 13.2 Å². The Morgan fingerprint density at radius 1 is 0.956 bits per heavy atom. The highest BCUT2D eigenvalue weighted by molar-refractivity contribution is 7.47. The van der Waals surface area contributed by atoms with Crippen LogP contribution >= 0.6 is 7.82 Å². The lowest BCUT2D eigenvalue weighted by Gasteiger charge is -2.23. The van der Waals surface area contributed by atoms with Gasteiger partial charge in [-0.25, -0.2) is 14.1 Å². The van der Waals surface area contributed by atoms with Crippen molar-refractivity contribution >= 4 is 19.2 Å². The Kier molecular flexibility index (Phi) is 17.4. The Hall–Kier alpha value is -2.06. The number of anilines is 1. The van der Waals surface area contributed by atoms with Crippen LogP contribution in [0.1, 0.15) is 141 Å². The summed E-state index contributed by atoms with van der Waals surface area (Å²) in [6, 6.07) is 5.72. The van der Waals surface area contributed by atoms with Crippen molar-refractivity contribution in [3.8, 4) is 6.07 Å². The van der Waals surface area contributed by atoms with Gasteiger partial charge in [0.25, 0.3) is 0 Å². The predicted molar refractivity (Wildman–Crippen MR) is 176 cm³/mol. The lowest BCUT2D eigenvalue weighted by Crippen LogP contribution is -2.32. The van der Waals surface area contributed by atoms with Gasteiger partial charge in [-0.15, -0.1) is 0 Å². The van der Waals surface area contributed by atoms with Crippen LogP contribution in [0.2, 0.25) is 0 Å². The molecule has 1 fully saturated rings. The molecule has 0 amide bonds. The van der Waals surface area contributed by atoms with Crippen LogP contribution in [0.3, 0.4) is 0 Å². The summed E-state index contributed by atoms with van der Waals surface area (Å²) >= 11 is 0. The average molecular weight is 650 g/mol. The first-order chi connectivity index (χ1) is 21.9. The first-order valence-corrected chi connectivity index (χ1v) is 18.8. The third-order valence-electron chi connectivity index (χ3n) is 8.51. The summed E-state index contributed by atoms with van der Waals surface area (Å²) < 4.78 is 36.0. The zero-order valence-electron chi connectivity index (χ0n) is 27.4. The number of nitrogen functional groups attached to an aromatic ring is 1. The molecule has 1 aliphatic rings. The van der Waals surface area contributed by atoms with E-state index in [2.05, 4.69) is 23.1 Å². The number of phosphoric ester groups is 1. The largest absolute Gasteiger partial charge is 0.472 e. The second-order valence-electron chi connectivity index (χ2n) is 12.3. The van der Waals surface area contributed by atoms with Crippen molar-refractivity contribution in [2.75, 3.05) is 32.2 Å². The number of ether oxygens (including phenoxy) is 2. The fraction of sp³-hybridized carbons (Fsp3) is 0.788. The number of nitriles is 1. The summed E-state index contributed by atoms with van der Waals surface area (Å²) in [7, 11) is -4.35. The van der Waals surface area contributed by atoms with E-state index >= 15 is 0 Å². The van der Waals surface area contributed by atoms with Gasteiger partial charge in [0, 0.05) is 13.2 Å². The quantitative estimate of drug-likeness (QED) is 0.0752. The summed E-state index contributed by atoms with van der Waals surface area (Å²) in [6.45, 7) is 3.04. The Labute approximate surface area is 269 Å².